The average molecular weight is 605 g/mol. The first-order valence-electron chi connectivity index (χ1n) is 15.5. The Bertz CT molecular complexity index is 1330. The van der Waals surface area contributed by atoms with Crippen LogP contribution in [0.2, 0.25) is 0 Å². The lowest BCUT2D eigenvalue weighted by Crippen LogP contribution is -2.41. The Hall–Kier alpha value is -3.63. The Labute approximate surface area is 260 Å². The molecule has 2 heterocycles. The van der Waals surface area contributed by atoms with Gasteiger partial charge >= 0.3 is 0 Å². The minimum atomic E-state index is -0.0342. The molecule has 0 spiro atoms. The maximum absolute atomic E-state index is 12.6. The Morgan fingerprint density at radius 3 is 2.66 bits per heavy atom. The van der Waals surface area contributed by atoms with Gasteiger partial charge in [0.05, 0.1) is 45.3 Å². The number of methoxy groups -OCH3 is 2. The Balaban J connectivity index is 1.10. The van der Waals surface area contributed by atoms with E-state index >= 15 is 0 Å². The van der Waals surface area contributed by atoms with Crippen LogP contribution in [0.1, 0.15) is 41.9 Å². The molecule has 236 valence electrons. The van der Waals surface area contributed by atoms with E-state index in [2.05, 4.69) is 17.4 Å². The van der Waals surface area contributed by atoms with Gasteiger partial charge in [-0.1, -0.05) is 36.4 Å². The van der Waals surface area contributed by atoms with Gasteiger partial charge in [-0.05, 0) is 60.8 Å². The normalized spacial score (nSPS) is 18.0. The second kappa shape index (κ2) is 16.4. The fraction of sp³-hybridized carbons (Fsp3) is 0.457. The van der Waals surface area contributed by atoms with Crippen LogP contribution in [0.3, 0.4) is 0 Å². The molecule has 2 aliphatic rings. The van der Waals surface area contributed by atoms with Crippen LogP contribution in [0.25, 0.3) is 0 Å². The maximum Gasteiger partial charge on any atom is 0.265 e. The van der Waals surface area contributed by atoms with Gasteiger partial charge in [0.25, 0.3) is 5.91 Å². The summed E-state index contributed by atoms with van der Waals surface area (Å²) in [6.07, 6.45) is 2.59. The van der Waals surface area contributed by atoms with Gasteiger partial charge < -0.3 is 38.6 Å². The van der Waals surface area contributed by atoms with Gasteiger partial charge in [-0.3, -0.25) is 4.79 Å². The minimum absolute atomic E-state index is 0.0302. The van der Waals surface area contributed by atoms with Gasteiger partial charge in [-0.25, -0.2) is 0 Å². The van der Waals surface area contributed by atoms with Crippen molar-refractivity contribution in [1.82, 2.24) is 5.32 Å². The molecule has 0 aromatic heterocycles. The van der Waals surface area contributed by atoms with Gasteiger partial charge in [0.2, 0.25) is 0 Å². The van der Waals surface area contributed by atoms with E-state index in [1.165, 1.54) is 5.56 Å². The molecule has 0 radical (unpaired) electrons. The second-order valence-electron chi connectivity index (χ2n) is 11.1. The van der Waals surface area contributed by atoms with Crippen molar-refractivity contribution in [2.45, 2.75) is 44.5 Å². The van der Waals surface area contributed by atoms with Crippen molar-refractivity contribution in [3.8, 4) is 17.2 Å². The summed E-state index contributed by atoms with van der Waals surface area (Å²) in [4.78, 5) is 14.4. The quantitative estimate of drug-likeness (QED) is 0.226. The number of hydrogen-bond donors (Lipinski definition) is 1. The summed E-state index contributed by atoms with van der Waals surface area (Å²) in [5, 5.41) is 3.48. The lowest BCUT2D eigenvalue weighted by molar-refractivity contribution is -0.121. The highest BCUT2D eigenvalue weighted by atomic mass is 16.5. The number of ether oxygens (including phenoxy) is 6. The number of carbonyl (C=O) groups is 1. The standard InChI is InChI=1S/C35H44N2O7/c1-39-18-5-17-37-31-21-26(9-14-33(31)44-25-35(37)38)23-43-34-22-36-16-15-30(34)27-10-12-29(13-11-27)42-20-6-19-41-24-28-7-3-4-8-32(28)40-2/h3-4,7-14,21,30,34,36H,5-6,15-20,22-25H2,1-2H3/t30-,34+/m1/s1. The van der Waals surface area contributed by atoms with Crippen LogP contribution < -0.4 is 24.4 Å². The van der Waals surface area contributed by atoms with Crippen LogP contribution in [0, 0.1) is 0 Å². The van der Waals surface area contributed by atoms with E-state index in [1.54, 1.807) is 19.1 Å². The van der Waals surface area contributed by atoms with Gasteiger partial charge in [0, 0.05) is 44.7 Å². The lowest BCUT2D eigenvalue weighted by Gasteiger charge is -2.33. The lowest BCUT2D eigenvalue weighted by atomic mass is 9.87. The topological polar surface area (TPSA) is 87.7 Å². The molecule has 3 aromatic carbocycles. The van der Waals surface area contributed by atoms with Crippen LogP contribution in [-0.4, -0.2) is 72.3 Å². The molecule has 44 heavy (non-hydrogen) atoms. The Morgan fingerprint density at radius 1 is 0.955 bits per heavy atom. The van der Waals surface area contributed by atoms with Crippen molar-refractivity contribution in [1.29, 1.82) is 0 Å². The summed E-state index contributed by atoms with van der Waals surface area (Å²) in [6.45, 7) is 5.18. The summed E-state index contributed by atoms with van der Waals surface area (Å²) in [5.41, 5.74) is 4.10. The number of hydrogen-bond acceptors (Lipinski definition) is 8. The number of carbonyl (C=O) groups excluding carboxylic acids is 1. The van der Waals surface area contributed by atoms with Crippen molar-refractivity contribution < 1.29 is 33.2 Å². The van der Waals surface area contributed by atoms with E-state index in [9.17, 15) is 4.79 Å². The van der Waals surface area contributed by atoms with Crippen LogP contribution >= 0.6 is 0 Å². The number of amides is 1. The second-order valence-corrected chi connectivity index (χ2v) is 11.1. The van der Waals surface area contributed by atoms with E-state index in [0.29, 0.717) is 39.6 Å². The van der Waals surface area contributed by atoms with Crippen LogP contribution in [-0.2, 0) is 32.2 Å². The van der Waals surface area contributed by atoms with Crippen molar-refractivity contribution in [2.75, 3.05) is 65.2 Å². The molecular formula is C35H44N2O7. The van der Waals surface area contributed by atoms with Gasteiger partial charge in [-0.2, -0.15) is 0 Å². The smallest absolute Gasteiger partial charge is 0.265 e. The summed E-state index contributed by atoms with van der Waals surface area (Å²) in [5.74, 6) is 2.67. The van der Waals surface area contributed by atoms with Crippen LogP contribution in [0.5, 0.6) is 17.2 Å². The molecule has 1 saturated heterocycles. The molecule has 3 aromatic rings. The zero-order chi connectivity index (χ0) is 30.6. The summed E-state index contributed by atoms with van der Waals surface area (Å²) in [7, 11) is 3.34. The fourth-order valence-corrected chi connectivity index (χ4v) is 5.71. The number of nitrogens with zero attached hydrogens (tertiary/aromatic N) is 1. The van der Waals surface area contributed by atoms with E-state index < -0.39 is 0 Å². The van der Waals surface area contributed by atoms with Gasteiger partial charge in [0.1, 0.15) is 17.2 Å². The van der Waals surface area contributed by atoms with Crippen molar-refractivity contribution in [2.24, 2.45) is 0 Å². The van der Waals surface area contributed by atoms with Crippen molar-refractivity contribution in [3.05, 3.63) is 83.4 Å². The minimum Gasteiger partial charge on any atom is -0.496 e. The highest BCUT2D eigenvalue weighted by molar-refractivity contribution is 5.97. The van der Waals surface area contributed by atoms with Crippen LogP contribution in [0.15, 0.2) is 66.7 Å². The number of benzene rings is 3. The summed E-state index contributed by atoms with van der Waals surface area (Å²) >= 11 is 0. The molecule has 1 fully saturated rings. The largest absolute Gasteiger partial charge is 0.496 e. The SMILES string of the molecule is COCCCN1C(=O)COc2ccc(CO[C@H]3CNCC[C@@H]3c3ccc(OCCCOCc4ccccc4OC)cc3)cc21. The number of anilines is 1. The van der Waals surface area contributed by atoms with Crippen molar-refractivity contribution in [3.63, 3.8) is 0 Å². The number of piperidine rings is 1. The van der Waals surface area contributed by atoms with E-state index in [4.69, 9.17) is 28.4 Å². The first-order valence-corrected chi connectivity index (χ1v) is 15.5. The monoisotopic (exact) mass is 604 g/mol. The zero-order valence-corrected chi connectivity index (χ0v) is 25.8. The molecule has 1 N–H and O–H groups in total. The molecule has 0 bridgehead atoms. The maximum atomic E-state index is 12.6. The Kier molecular flexibility index (Phi) is 11.9. The van der Waals surface area contributed by atoms with Gasteiger partial charge in [-0.15, -0.1) is 0 Å². The first-order chi connectivity index (χ1) is 21.7. The molecule has 0 saturated carbocycles. The number of nitrogens with one attached hydrogen (secondary N) is 1. The van der Waals surface area contributed by atoms with E-state index in [-0.39, 0.29) is 24.5 Å². The third kappa shape index (κ3) is 8.51. The molecule has 1 amide bonds. The highest BCUT2D eigenvalue weighted by Crippen LogP contribution is 2.34. The summed E-state index contributed by atoms with van der Waals surface area (Å²) in [6, 6.07) is 22.3. The fourth-order valence-electron chi connectivity index (χ4n) is 5.71. The van der Waals surface area contributed by atoms with Crippen LogP contribution in [0.4, 0.5) is 5.69 Å². The third-order valence-electron chi connectivity index (χ3n) is 8.05. The number of fused-ring (bicyclic) bond motifs is 1. The molecule has 9 heteroatoms. The third-order valence-corrected chi connectivity index (χ3v) is 8.05. The molecule has 2 aliphatic heterocycles. The predicted molar refractivity (Wildman–Crippen MR) is 169 cm³/mol. The molecular weight excluding hydrogens is 560 g/mol. The van der Waals surface area contributed by atoms with Gasteiger partial charge in [0.15, 0.2) is 6.61 Å². The predicted octanol–water partition coefficient (Wildman–Crippen LogP) is 5.11. The van der Waals surface area contributed by atoms with E-state index in [1.807, 2.05) is 54.6 Å². The zero-order valence-electron chi connectivity index (χ0n) is 25.8. The number of para-hydroxylation sites is 1. The molecule has 0 aliphatic carbocycles. The highest BCUT2D eigenvalue weighted by Gasteiger charge is 2.28. The summed E-state index contributed by atoms with van der Waals surface area (Å²) < 4.78 is 34.5. The van der Waals surface area contributed by atoms with E-state index in [0.717, 1.165) is 66.4 Å². The molecule has 5 rings (SSSR count). The van der Waals surface area contributed by atoms with Crippen molar-refractivity contribution >= 4 is 11.6 Å². The molecule has 0 unspecified atom stereocenters. The average Bonchev–Trinajstić information content (AvgIpc) is 3.07. The first kappa shape index (κ1) is 31.8. The number of rotatable bonds is 16. The Morgan fingerprint density at radius 2 is 1.82 bits per heavy atom. The molecule has 2 atom stereocenters. The molecule has 9 nitrogen and oxygen atoms in total.